The number of nitriles is 1. The van der Waals surface area contributed by atoms with Gasteiger partial charge < -0.3 is 5.32 Å². The molecule has 5 nitrogen and oxygen atoms in total. The Bertz CT molecular complexity index is 229. The lowest BCUT2D eigenvalue weighted by Crippen LogP contribution is -2.23. The topological polar surface area (TPSA) is 90.2 Å². The Morgan fingerprint density at radius 1 is 1.45 bits per heavy atom. The molecule has 0 saturated carbocycles. The highest BCUT2D eigenvalue weighted by molar-refractivity contribution is 7.85. The van der Waals surface area contributed by atoms with Gasteiger partial charge in [-0.3, -0.25) is 4.55 Å². The van der Waals surface area contributed by atoms with Crippen LogP contribution in [0.2, 0.25) is 0 Å². The Hall–Kier alpha value is -0.640. The lowest BCUT2D eigenvalue weighted by atomic mass is 10.5. The minimum Gasteiger partial charge on any atom is -0.315 e. The summed E-state index contributed by atoms with van der Waals surface area (Å²) in [5, 5.41) is 10.7. The minimum absolute atomic E-state index is 0.181. The molecule has 0 aliphatic carbocycles. The van der Waals surface area contributed by atoms with Crippen LogP contribution in [-0.4, -0.2) is 31.8 Å². The molecule has 0 spiro atoms. The zero-order valence-corrected chi connectivity index (χ0v) is 6.76. The largest absolute Gasteiger partial charge is 0.315 e. The van der Waals surface area contributed by atoms with Gasteiger partial charge in [-0.05, 0) is 0 Å². The normalized spacial score (nSPS) is 10.9. The zero-order chi connectivity index (χ0) is 8.74. The highest BCUT2D eigenvalue weighted by Crippen LogP contribution is 1.78. The molecule has 6 heteroatoms. The molecule has 0 atom stereocenters. The third-order valence-electron chi connectivity index (χ3n) is 0.950. The van der Waals surface area contributed by atoms with Crippen LogP contribution in [0.25, 0.3) is 0 Å². The second kappa shape index (κ2) is 5.07. The molecule has 0 bridgehead atoms. The van der Waals surface area contributed by atoms with Crippen LogP contribution < -0.4 is 5.32 Å². The third kappa shape index (κ3) is 9.36. The van der Waals surface area contributed by atoms with E-state index in [-0.39, 0.29) is 12.3 Å². The predicted octanol–water partition coefficient (Wildman–Crippen LogP) is -0.623. The Morgan fingerprint density at radius 2 is 2.09 bits per heavy atom. The van der Waals surface area contributed by atoms with Crippen molar-refractivity contribution in [3.63, 3.8) is 0 Å². The van der Waals surface area contributed by atoms with Crippen molar-refractivity contribution in [2.45, 2.75) is 6.42 Å². The number of nitrogens with zero attached hydrogens (tertiary/aromatic N) is 1. The van der Waals surface area contributed by atoms with Crippen molar-refractivity contribution in [2.24, 2.45) is 0 Å². The molecular formula is C5H10N2O3S. The summed E-state index contributed by atoms with van der Waals surface area (Å²) in [5.41, 5.74) is 0. The van der Waals surface area contributed by atoms with Gasteiger partial charge in [-0.2, -0.15) is 13.7 Å². The average molecular weight is 178 g/mol. The molecule has 0 amide bonds. The number of hydrogen-bond donors (Lipinski definition) is 2. The molecule has 0 unspecified atom stereocenters. The fraction of sp³-hybridized carbons (Fsp3) is 0.800. The maximum Gasteiger partial charge on any atom is 0.266 e. The monoisotopic (exact) mass is 178 g/mol. The van der Waals surface area contributed by atoms with Gasteiger partial charge in [0, 0.05) is 19.5 Å². The lowest BCUT2D eigenvalue weighted by molar-refractivity contribution is 0.481. The van der Waals surface area contributed by atoms with E-state index in [0.717, 1.165) is 0 Å². The van der Waals surface area contributed by atoms with Crippen LogP contribution >= 0.6 is 0 Å². The van der Waals surface area contributed by atoms with Crippen molar-refractivity contribution in [2.75, 3.05) is 18.8 Å². The van der Waals surface area contributed by atoms with E-state index in [0.29, 0.717) is 13.0 Å². The van der Waals surface area contributed by atoms with Crippen molar-refractivity contribution >= 4 is 10.1 Å². The van der Waals surface area contributed by atoms with E-state index in [1.165, 1.54) is 0 Å². The van der Waals surface area contributed by atoms with E-state index in [9.17, 15) is 8.42 Å². The van der Waals surface area contributed by atoms with Gasteiger partial charge in [0.15, 0.2) is 0 Å². The van der Waals surface area contributed by atoms with Gasteiger partial charge in [0.2, 0.25) is 0 Å². The summed E-state index contributed by atoms with van der Waals surface area (Å²) in [6.45, 7) is 0.631. The molecule has 64 valence electrons. The summed E-state index contributed by atoms with van der Waals surface area (Å²) >= 11 is 0. The fourth-order valence-electron chi connectivity index (χ4n) is 0.470. The number of nitrogens with one attached hydrogen (secondary N) is 1. The summed E-state index contributed by atoms with van der Waals surface area (Å²) in [6, 6.07) is 1.89. The molecule has 0 radical (unpaired) electrons. The van der Waals surface area contributed by atoms with Crippen molar-refractivity contribution in [1.29, 1.82) is 5.26 Å². The van der Waals surface area contributed by atoms with E-state index in [4.69, 9.17) is 9.81 Å². The molecule has 0 aliphatic rings. The molecule has 0 aromatic rings. The van der Waals surface area contributed by atoms with Crippen molar-refractivity contribution in [3.8, 4) is 6.07 Å². The summed E-state index contributed by atoms with van der Waals surface area (Å²) in [5.74, 6) is -0.307. The molecule has 0 aliphatic heterocycles. The molecule has 0 aromatic carbocycles. The van der Waals surface area contributed by atoms with Crippen LogP contribution in [0.15, 0.2) is 0 Å². The molecule has 0 fully saturated rings. The van der Waals surface area contributed by atoms with Crippen LogP contribution in [0, 0.1) is 11.3 Å². The van der Waals surface area contributed by atoms with Crippen molar-refractivity contribution in [1.82, 2.24) is 5.32 Å². The van der Waals surface area contributed by atoms with Crippen molar-refractivity contribution < 1.29 is 13.0 Å². The fourth-order valence-corrected chi connectivity index (χ4v) is 0.873. The third-order valence-corrected chi connectivity index (χ3v) is 1.67. The highest BCUT2D eigenvalue weighted by atomic mass is 32.2. The van der Waals surface area contributed by atoms with Gasteiger partial charge in [-0.15, -0.1) is 0 Å². The highest BCUT2D eigenvalue weighted by Gasteiger charge is 2.01. The van der Waals surface area contributed by atoms with E-state index in [1.807, 2.05) is 6.07 Å². The Morgan fingerprint density at radius 3 is 2.55 bits per heavy atom. The SMILES string of the molecule is N#CCCNCCS(=O)(=O)O. The van der Waals surface area contributed by atoms with E-state index < -0.39 is 10.1 Å². The van der Waals surface area contributed by atoms with E-state index >= 15 is 0 Å². The maximum absolute atomic E-state index is 10.1. The summed E-state index contributed by atoms with van der Waals surface area (Å²) < 4.78 is 28.5. The first-order valence-corrected chi connectivity index (χ1v) is 4.70. The average Bonchev–Trinajstić information content (AvgIpc) is 1.85. The molecular weight excluding hydrogens is 168 g/mol. The van der Waals surface area contributed by atoms with Crippen LogP contribution in [0.5, 0.6) is 0 Å². The van der Waals surface area contributed by atoms with Gasteiger partial charge in [-0.25, -0.2) is 0 Å². The van der Waals surface area contributed by atoms with Crippen LogP contribution in [0.4, 0.5) is 0 Å². The molecule has 0 heterocycles. The first-order chi connectivity index (χ1) is 5.06. The second-order valence-electron chi connectivity index (χ2n) is 1.94. The van der Waals surface area contributed by atoms with Crippen LogP contribution in [0.3, 0.4) is 0 Å². The lowest BCUT2D eigenvalue weighted by Gasteiger charge is -1.97. The van der Waals surface area contributed by atoms with Crippen LogP contribution in [0.1, 0.15) is 6.42 Å². The summed E-state index contributed by atoms with van der Waals surface area (Å²) in [4.78, 5) is 0. The maximum atomic E-state index is 10.1. The zero-order valence-electron chi connectivity index (χ0n) is 5.95. The van der Waals surface area contributed by atoms with Gasteiger partial charge in [0.1, 0.15) is 0 Å². The van der Waals surface area contributed by atoms with Crippen LogP contribution in [-0.2, 0) is 10.1 Å². The molecule has 11 heavy (non-hydrogen) atoms. The number of rotatable bonds is 5. The second-order valence-corrected chi connectivity index (χ2v) is 3.52. The summed E-state index contributed by atoms with van der Waals surface area (Å²) in [7, 11) is -3.86. The Balaban J connectivity index is 3.24. The van der Waals surface area contributed by atoms with Gasteiger partial charge in [0.05, 0.1) is 11.8 Å². The predicted molar refractivity (Wildman–Crippen MR) is 39.5 cm³/mol. The Labute approximate surface area is 65.8 Å². The van der Waals surface area contributed by atoms with E-state index in [1.54, 1.807) is 0 Å². The van der Waals surface area contributed by atoms with E-state index in [2.05, 4.69) is 5.32 Å². The first kappa shape index (κ1) is 10.4. The van der Waals surface area contributed by atoms with Crippen molar-refractivity contribution in [3.05, 3.63) is 0 Å². The van der Waals surface area contributed by atoms with Gasteiger partial charge in [-0.1, -0.05) is 0 Å². The molecule has 0 rings (SSSR count). The van der Waals surface area contributed by atoms with Gasteiger partial charge in [0.25, 0.3) is 10.1 Å². The number of hydrogen-bond acceptors (Lipinski definition) is 4. The first-order valence-electron chi connectivity index (χ1n) is 3.09. The molecule has 0 aromatic heterocycles. The van der Waals surface area contributed by atoms with Gasteiger partial charge >= 0.3 is 0 Å². The standard InChI is InChI=1S/C5H10N2O3S/c6-2-1-3-7-4-5-11(8,9)10/h7H,1,3-5H2,(H,8,9,10). The summed E-state index contributed by atoms with van der Waals surface area (Å²) in [6.07, 6.45) is 0.339. The Kier molecular flexibility index (Phi) is 4.77. The molecule has 0 saturated heterocycles. The molecule has 2 N–H and O–H groups in total. The smallest absolute Gasteiger partial charge is 0.266 e. The quantitative estimate of drug-likeness (QED) is 0.432. The minimum atomic E-state index is -3.86.